The number of nitrogens with zero attached hydrogens (tertiary/aromatic N) is 2. The van der Waals surface area contributed by atoms with E-state index in [-0.39, 0.29) is 24.0 Å². The lowest BCUT2D eigenvalue weighted by molar-refractivity contribution is -0.120. The molecule has 0 atom stereocenters. The maximum Gasteiger partial charge on any atom is 0.240 e. The minimum Gasteiger partial charge on any atom is -0.390 e. The van der Waals surface area contributed by atoms with E-state index in [4.69, 9.17) is 9.63 Å². The van der Waals surface area contributed by atoms with Crippen LogP contribution in [0.15, 0.2) is 10.6 Å². The molecule has 2 N–H and O–H groups in total. The van der Waals surface area contributed by atoms with Gasteiger partial charge in [-0.1, -0.05) is 25.9 Å². The maximum absolute atomic E-state index is 11.7. The van der Waals surface area contributed by atoms with Gasteiger partial charge in [0.2, 0.25) is 11.8 Å². The summed E-state index contributed by atoms with van der Waals surface area (Å²) in [6, 6.07) is 1.74. The molecular formula is C12H19N3O3. The second-order valence-electron chi connectivity index (χ2n) is 5.72. The molecule has 2 rings (SSSR count). The van der Waals surface area contributed by atoms with Gasteiger partial charge in [0.25, 0.3) is 0 Å². The van der Waals surface area contributed by atoms with Crippen LogP contribution in [-0.4, -0.2) is 46.8 Å². The van der Waals surface area contributed by atoms with Gasteiger partial charge in [0, 0.05) is 24.6 Å². The van der Waals surface area contributed by atoms with Gasteiger partial charge in [-0.15, -0.1) is 0 Å². The quantitative estimate of drug-likeness (QED) is 0.824. The maximum atomic E-state index is 11.7. The SMILES string of the molecule is CC(C)(C)c1cc(NC(=O)CN2CC(O)C2)on1. The molecule has 1 aliphatic rings. The molecule has 1 aromatic rings. The third-order valence-corrected chi connectivity index (χ3v) is 2.85. The van der Waals surface area contributed by atoms with Crippen LogP contribution in [0.25, 0.3) is 0 Å². The van der Waals surface area contributed by atoms with Crippen molar-refractivity contribution >= 4 is 11.8 Å². The van der Waals surface area contributed by atoms with Crippen LogP contribution in [0.1, 0.15) is 26.5 Å². The highest BCUT2D eigenvalue weighted by atomic mass is 16.5. The number of anilines is 1. The van der Waals surface area contributed by atoms with Crippen molar-refractivity contribution in [2.75, 3.05) is 25.0 Å². The Bertz CT molecular complexity index is 430. The lowest BCUT2D eigenvalue weighted by Crippen LogP contribution is -2.53. The fourth-order valence-electron chi connectivity index (χ4n) is 1.74. The number of rotatable bonds is 3. The van der Waals surface area contributed by atoms with E-state index in [2.05, 4.69) is 10.5 Å². The van der Waals surface area contributed by atoms with Crippen LogP contribution in [0.4, 0.5) is 5.88 Å². The highest BCUT2D eigenvalue weighted by Crippen LogP contribution is 2.23. The van der Waals surface area contributed by atoms with Crippen LogP contribution in [0, 0.1) is 0 Å². The summed E-state index contributed by atoms with van der Waals surface area (Å²) in [6.45, 7) is 7.45. The summed E-state index contributed by atoms with van der Waals surface area (Å²) in [5.41, 5.74) is 0.700. The Kier molecular flexibility index (Phi) is 3.41. The zero-order valence-corrected chi connectivity index (χ0v) is 10.9. The van der Waals surface area contributed by atoms with Crippen LogP contribution in [0.2, 0.25) is 0 Å². The fourth-order valence-corrected chi connectivity index (χ4v) is 1.74. The van der Waals surface area contributed by atoms with Crippen LogP contribution in [-0.2, 0) is 10.2 Å². The van der Waals surface area contributed by atoms with Crippen molar-refractivity contribution in [3.05, 3.63) is 11.8 Å². The van der Waals surface area contributed by atoms with Crippen LogP contribution in [0.5, 0.6) is 0 Å². The third-order valence-electron chi connectivity index (χ3n) is 2.85. The Morgan fingerprint density at radius 1 is 1.61 bits per heavy atom. The van der Waals surface area contributed by atoms with Gasteiger partial charge in [0.05, 0.1) is 18.3 Å². The van der Waals surface area contributed by atoms with Gasteiger partial charge in [-0.3, -0.25) is 15.0 Å². The predicted molar refractivity (Wildman–Crippen MR) is 66.3 cm³/mol. The number of likely N-dealkylation sites (tertiary alicyclic amines) is 1. The molecule has 0 radical (unpaired) electrons. The molecule has 1 fully saturated rings. The number of nitrogens with one attached hydrogen (secondary N) is 1. The number of aromatic nitrogens is 1. The largest absolute Gasteiger partial charge is 0.390 e. The molecular weight excluding hydrogens is 234 g/mol. The van der Waals surface area contributed by atoms with E-state index in [1.165, 1.54) is 0 Å². The number of carbonyl (C=O) groups excluding carboxylic acids is 1. The topological polar surface area (TPSA) is 78.6 Å². The summed E-state index contributed by atoms with van der Waals surface area (Å²) in [4.78, 5) is 13.5. The van der Waals surface area contributed by atoms with Gasteiger partial charge in [0.1, 0.15) is 0 Å². The summed E-state index contributed by atoms with van der Waals surface area (Å²) in [5.74, 6) is 0.213. The minimum absolute atomic E-state index is 0.103. The smallest absolute Gasteiger partial charge is 0.240 e. The molecule has 1 amide bonds. The normalized spacial score (nSPS) is 17.6. The predicted octanol–water partition coefficient (Wildman–Crippen LogP) is 0.587. The first-order chi connectivity index (χ1) is 8.34. The van der Waals surface area contributed by atoms with Gasteiger partial charge < -0.3 is 9.63 Å². The molecule has 0 bridgehead atoms. The summed E-state index contributed by atoms with van der Waals surface area (Å²) in [7, 11) is 0. The molecule has 0 aliphatic carbocycles. The van der Waals surface area contributed by atoms with Crippen molar-refractivity contribution < 1.29 is 14.4 Å². The van der Waals surface area contributed by atoms with Gasteiger partial charge in [-0.2, -0.15) is 0 Å². The summed E-state index contributed by atoms with van der Waals surface area (Å²) >= 11 is 0. The number of β-amino-alcohol motifs (C(OH)–C–C–N with tert-alkyl or cyclic N) is 1. The first kappa shape index (κ1) is 13.0. The van der Waals surface area contributed by atoms with Gasteiger partial charge in [0.15, 0.2) is 0 Å². The highest BCUT2D eigenvalue weighted by Gasteiger charge is 2.26. The first-order valence-corrected chi connectivity index (χ1v) is 6.02. The molecule has 1 aliphatic heterocycles. The Labute approximate surface area is 106 Å². The molecule has 6 nitrogen and oxygen atoms in total. The Morgan fingerprint density at radius 3 is 2.78 bits per heavy atom. The van der Waals surface area contributed by atoms with Gasteiger partial charge in [-0.05, 0) is 0 Å². The molecule has 0 saturated carbocycles. The Morgan fingerprint density at radius 2 is 2.28 bits per heavy atom. The molecule has 100 valence electrons. The van der Waals surface area contributed by atoms with E-state index in [0.717, 1.165) is 5.69 Å². The van der Waals surface area contributed by atoms with Crippen LogP contribution in [0.3, 0.4) is 0 Å². The second kappa shape index (κ2) is 4.70. The van der Waals surface area contributed by atoms with E-state index in [1.54, 1.807) is 6.07 Å². The van der Waals surface area contributed by atoms with Crippen molar-refractivity contribution in [2.45, 2.75) is 32.3 Å². The molecule has 18 heavy (non-hydrogen) atoms. The molecule has 1 aromatic heterocycles. The van der Waals surface area contributed by atoms with E-state index < -0.39 is 0 Å². The fraction of sp³-hybridized carbons (Fsp3) is 0.667. The number of aliphatic hydroxyl groups is 1. The number of carbonyl (C=O) groups is 1. The van der Waals surface area contributed by atoms with E-state index in [1.807, 2.05) is 25.7 Å². The van der Waals surface area contributed by atoms with Crippen LogP contribution >= 0.6 is 0 Å². The highest BCUT2D eigenvalue weighted by molar-refractivity contribution is 5.91. The van der Waals surface area contributed by atoms with Crippen molar-refractivity contribution in [1.29, 1.82) is 0 Å². The molecule has 0 spiro atoms. The Balaban J connectivity index is 1.85. The molecule has 0 aromatic carbocycles. The van der Waals surface area contributed by atoms with E-state index in [0.29, 0.717) is 19.0 Å². The molecule has 2 heterocycles. The van der Waals surface area contributed by atoms with Crippen molar-refractivity contribution in [3.8, 4) is 0 Å². The number of hydrogen-bond donors (Lipinski definition) is 2. The summed E-state index contributed by atoms with van der Waals surface area (Å²) in [6.07, 6.45) is -0.296. The molecule has 1 saturated heterocycles. The zero-order valence-electron chi connectivity index (χ0n) is 10.9. The molecule has 6 heteroatoms. The van der Waals surface area contributed by atoms with Crippen molar-refractivity contribution in [3.63, 3.8) is 0 Å². The van der Waals surface area contributed by atoms with Crippen molar-refractivity contribution in [1.82, 2.24) is 10.1 Å². The molecule has 0 unspecified atom stereocenters. The lowest BCUT2D eigenvalue weighted by Gasteiger charge is -2.34. The number of amides is 1. The monoisotopic (exact) mass is 253 g/mol. The van der Waals surface area contributed by atoms with Crippen LogP contribution < -0.4 is 5.32 Å². The second-order valence-corrected chi connectivity index (χ2v) is 5.72. The van der Waals surface area contributed by atoms with Gasteiger partial charge in [-0.25, -0.2) is 0 Å². The average molecular weight is 253 g/mol. The summed E-state index contributed by atoms with van der Waals surface area (Å²) in [5, 5.41) is 15.7. The lowest BCUT2D eigenvalue weighted by atomic mass is 9.92. The van der Waals surface area contributed by atoms with E-state index in [9.17, 15) is 4.79 Å². The minimum atomic E-state index is -0.296. The third kappa shape index (κ3) is 3.08. The van der Waals surface area contributed by atoms with E-state index >= 15 is 0 Å². The Hall–Kier alpha value is -1.40. The number of hydrogen-bond acceptors (Lipinski definition) is 5. The average Bonchev–Trinajstić information content (AvgIpc) is 2.63. The standard InChI is InChI=1S/C12H19N3O3/c1-12(2,3)9-4-11(18-14-9)13-10(17)7-15-5-8(16)6-15/h4,8,16H,5-7H2,1-3H3,(H,13,17). The van der Waals surface area contributed by atoms with Gasteiger partial charge >= 0.3 is 0 Å². The first-order valence-electron chi connectivity index (χ1n) is 6.02. The van der Waals surface area contributed by atoms with Crippen molar-refractivity contribution in [2.24, 2.45) is 0 Å². The zero-order chi connectivity index (χ0) is 13.3. The summed E-state index contributed by atoms with van der Waals surface area (Å²) < 4.78 is 5.07. The number of aliphatic hydroxyl groups excluding tert-OH is 1.